The van der Waals surface area contributed by atoms with Gasteiger partial charge in [-0.1, -0.05) is 35.5 Å². The van der Waals surface area contributed by atoms with Gasteiger partial charge in [-0.05, 0) is 55.7 Å². The molecule has 2 heterocycles. The Balaban J connectivity index is 1.38. The third-order valence-electron chi connectivity index (χ3n) is 6.49. The molecule has 0 bridgehead atoms. The predicted octanol–water partition coefficient (Wildman–Crippen LogP) is 4.08. The maximum Gasteiger partial charge on any atom is 0.248 e. The summed E-state index contributed by atoms with van der Waals surface area (Å²) in [4.78, 5) is 14.7. The van der Waals surface area contributed by atoms with Crippen LogP contribution in [0.2, 0.25) is 0 Å². The molecule has 0 atom stereocenters. The van der Waals surface area contributed by atoms with Crippen LogP contribution in [0.1, 0.15) is 35.4 Å². The summed E-state index contributed by atoms with van der Waals surface area (Å²) in [5.41, 5.74) is 2.61. The molecule has 0 unspecified atom stereocenters. The lowest BCUT2D eigenvalue weighted by atomic mass is 9.97. The van der Waals surface area contributed by atoms with E-state index in [9.17, 15) is 17.6 Å². The fourth-order valence-electron chi connectivity index (χ4n) is 4.31. The van der Waals surface area contributed by atoms with Crippen LogP contribution in [0.3, 0.4) is 0 Å². The van der Waals surface area contributed by atoms with Gasteiger partial charge in [0.25, 0.3) is 0 Å². The molecular weight excluding hydrogens is 495 g/mol. The molecule has 1 aromatic heterocycles. The number of benzene rings is 2. The summed E-state index contributed by atoms with van der Waals surface area (Å²) < 4.78 is 47.5. The van der Waals surface area contributed by atoms with Gasteiger partial charge in [-0.2, -0.15) is 4.31 Å². The first-order valence-corrected chi connectivity index (χ1v) is 13.5. The number of hydrogen-bond donors (Lipinski definition) is 1. The highest BCUT2D eigenvalue weighted by molar-refractivity contribution is 7.89. The average Bonchev–Trinajstić information content (AvgIpc) is 3.28. The van der Waals surface area contributed by atoms with Crippen molar-refractivity contribution in [3.63, 3.8) is 0 Å². The van der Waals surface area contributed by atoms with Crippen molar-refractivity contribution in [1.29, 1.82) is 0 Å². The monoisotopic (exact) mass is 526 g/mol. The zero-order chi connectivity index (χ0) is 26.6. The van der Waals surface area contributed by atoms with E-state index < -0.39 is 15.8 Å². The summed E-state index contributed by atoms with van der Waals surface area (Å²) in [5, 5.41) is 6.80. The van der Waals surface area contributed by atoms with Crippen molar-refractivity contribution in [2.75, 3.05) is 32.1 Å². The number of sulfonamides is 1. The van der Waals surface area contributed by atoms with E-state index in [4.69, 9.17) is 4.52 Å². The first kappa shape index (κ1) is 26.6. The van der Waals surface area contributed by atoms with E-state index in [0.29, 0.717) is 24.9 Å². The SMILES string of the molecule is Cc1noc(C=Cc2ccccc2F)c1S(=O)(=O)N1CCC(C(=O)NCc2ccc(N(C)C)cc2)CC1. The van der Waals surface area contributed by atoms with E-state index in [-0.39, 0.29) is 41.3 Å². The van der Waals surface area contributed by atoms with Crippen LogP contribution in [0.4, 0.5) is 10.1 Å². The maximum atomic E-state index is 14.0. The Hall–Kier alpha value is -3.50. The van der Waals surface area contributed by atoms with Crippen LogP contribution in [0.5, 0.6) is 0 Å². The molecule has 3 aromatic rings. The number of amides is 1. The predicted molar refractivity (Wildman–Crippen MR) is 141 cm³/mol. The van der Waals surface area contributed by atoms with Gasteiger partial charge in [-0.25, -0.2) is 12.8 Å². The summed E-state index contributed by atoms with van der Waals surface area (Å²) in [7, 11) is 0.0250. The Morgan fingerprint density at radius 3 is 2.46 bits per heavy atom. The summed E-state index contributed by atoms with van der Waals surface area (Å²) in [6.45, 7) is 2.39. The van der Waals surface area contributed by atoms with Gasteiger partial charge in [0, 0.05) is 50.9 Å². The maximum absolute atomic E-state index is 14.0. The summed E-state index contributed by atoms with van der Waals surface area (Å²) in [6.07, 6.45) is 3.69. The smallest absolute Gasteiger partial charge is 0.248 e. The number of piperidine rings is 1. The molecule has 1 aliphatic heterocycles. The van der Waals surface area contributed by atoms with Crippen LogP contribution in [-0.4, -0.2) is 51.0 Å². The number of halogens is 1. The number of carbonyl (C=O) groups is 1. The molecule has 10 heteroatoms. The molecule has 1 saturated heterocycles. The van der Waals surface area contributed by atoms with Crippen molar-refractivity contribution in [3.05, 3.63) is 76.9 Å². The van der Waals surface area contributed by atoms with E-state index in [1.54, 1.807) is 25.1 Å². The molecular formula is C27H31FN4O4S. The Kier molecular flexibility index (Phi) is 8.09. The molecule has 0 saturated carbocycles. The lowest BCUT2D eigenvalue weighted by Crippen LogP contribution is -2.43. The van der Waals surface area contributed by atoms with E-state index >= 15 is 0 Å². The van der Waals surface area contributed by atoms with Crippen LogP contribution in [0.25, 0.3) is 12.2 Å². The molecule has 0 aliphatic carbocycles. The Labute approximate surface area is 216 Å². The van der Waals surface area contributed by atoms with Crippen molar-refractivity contribution in [3.8, 4) is 0 Å². The molecule has 37 heavy (non-hydrogen) atoms. The molecule has 0 radical (unpaired) electrons. The van der Waals surface area contributed by atoms with Gasteiger partial charge in [-0.3, -0.25) is 4.79 Å². The number of carbonyl (C=O) groups excluding carboxylic acids is 1. The zero-order valence-corrected chi connectivity index (χ0v) is 22.0. The normalized spacial score (nSPS) is 15.2. The molecule has 4 rings (SSSR count). The minimum Gasteiger partial charge on any atom is -0.378 e. The Morgan fingerprint density at radius 2 is 1.81 bits per heavy atom. The first-order valence-electron chi connectivity index (χ1n) is 12.1. The van der Waals surface area contributed by atoms with Crippen molar-refractivity contribution in [2.45, 2.75) is 31.2 Å². The first-order chi connectivity index (χ1) is 17.7. The average molecular weight is 527 g/mol. The molecule has 8 nitrogen and oxygen atoms in total. The minimum absolute atomic E-state index is 0.0378. The quantitative estimate of drug-likeness (QED) is 0.475. The number of nitrogens with one attached hydrogen (secondary N) is 1. The fraction of sp³-hybridized carbons (Fsp3) is 0.333. The number of rotatable bonds is 8. The number of aromatic nitrogens is 1. The second-order valence-corrected chi connectivity index (χ2v) is 11.1. The van der Waals surface area contributed by atoms with Crippen molar-refractivity contribution >= 4 is 33.8 Å². The number of hydrogen-bond acceptors (Lipinski definition) is 6. The van der Waals surface area contributed by atoms with Gasteiger partial charge < -0.3 is 14.7 Å². The van der Waals surface area contributed by atoms with E-state index in [0.717, 1.165) is 11.3 Å². The topological polar surface area (TPSA) is 95.8 Å². The van der Waals surface area contributed by atoms with E-state index in [1.807, 2.05) is 43.3 Å². The van der Waals surface area contributed by atoms with Crippen LogP contribution < -0.4 is 10.2 Å². The molecule has 2 aromatic carbocycles. The second-order valence-electron chi connectivity index (χ2n) is 9.27. The molecule has 1 fully saturated rings. The third-order valence-corrected chi connectivity index (χ3v) is 8.55. The summed E-state index contributed by atoms with van der Waals surface area (Å²) in [5.74, 6) is -0.730. The van der Waals surface area contributed by atoms with E-state index in [1.165, 1.54) is 22.5 Å². The van der Waals surface area contributed by atoms with Gasteiger partial charge in [0.2, 0.25) is 15.9 Å². The van der Waals surface area contributed by atoms with Gasteiger partial charge in [-0.15, -0.1) is 0 Å². The summed E-state index contributed by atoms with van der Waals surface area (Å²) >= 11 is 0. The molecule has 1 N–H and O–H groups in total. The third kappa shape index (κ3) is 6.08. The number of anilines is 1. The highest BCUT2D eigenvalue weighted by Crippen LogP contribution is 2.29. The highest BCUT2D eigenvalue weighted by atomic mass is 32.2. The van der Waals surface area contributed by atoms with Gasteiger partial charge in [0.1, 0.15) is 11.5 Å². The van der Waals surface area contributed by atoms with Crippen molar-refractivity contribution in [1.82, 2.24) is 14.8 Å². The van der Waals surface area contributed by atoms with Crippen LogP contribution in [0.15, 0.2) is 57.9 Å². The Morgan fingerprint density at radius 1 is 1.14 bits per heavy atom. The lowest BCUT2D eigenvalue weighted by molar-refractivity contribution is -0.126. The van der Waals surface area contributed by atoms with Crippen LogP contribution in [-0.2, 0) is 21.4 Å². The number of aryl methyl sites for hydroxylation is 1. The Bertz CT molecular complexity index is 1380. The van der Waals surface area contributed by atoms with Crippen molar-refractivity contribution in [2.24, 2.45) is 5.92 Å². The second kappa shape index (κ2) is 11.3. The standard InChI is InChI=1S/C27H31FN4O4S/c1-19-26(25(36-30-19)13-10-21-6-4-5-7-24(21)28)37(34,35)32-16-14-22(15-17-32)27(33)29-18-20-8-11-23(12-9-20)31(2)3/h4-13,22H,14-18H2,1-3H3,(H,29,33). The van der Waals surface area contributed by atoms with Crippen molar-refractivity contribution < 1.29 is 22.1 Å². The molecule has 196 valence electrons. The highest BCUT2D eigenvalue weighted by Gasteiger charge is 2.35. The lowest BCUT2D eigenvalue weighted by Gasteiger charge is -2.30. The summed E-state index contributed by atoms with van der Waals surface area (Å²) in [6, 6.07) is 14.1. The molecule has 0 spiro atoms. The van der Waals surface area contributed by atoms with Gasteiger partial charge in [0.05, 0.1) is 0 Å². The molecule has 1 aliphatic rings. The zero-order valence-electron chi connectivity index (χ0n) is 21.1. The van der Waals surface area contributed by atoms with Crippen LogP contribution >= 0.6 is 0 Å². The largest absolute Gasteiger partial charge is 0.378 e. The fourth-order valence-corrected chi connectivity index (χ4v) is 6.03. The van der Waals surface area contributed by atoms with Crippen LogP contribution in [0, 0.1) is 18.7 Å². The van der Waals surface area contributed by atoms with Gasteiger partial charge >= 0.3 is 0 Å². The van der Waals surface area contributed by atoms with E-state index in [2.05, 4.69) is 10.5 Å². The minimum atomic E-state index is -3.91. The molecule has 1 amide bonds. The number of nitrogens with zero attached hydrogens (tertiary/aromatic N) is 3. The van der Waals surface area contributed by atoms with Gasteiger partial charge in [0.15, 0.2) is 10.7 Å².